The van der Waals surface area contributed by atoms with Gasteiger partial charge in [-0.25, -0.2) is 0 Å². The molecule has 3 rings (SSSR count). The predicted octanol–water partition coefficient (Wildman–Crippen LogP) is 1.53. The third-order valence-electron chi connectivity index (χ3n) is 4.44. The lowest BCUT2D eigenvalue weighted by molar-refractivity contribution is -0.396. The molecule has 3 saturated carbocycles. The van der Waals surface area contributed by atoms with Crippen LogP contribution in [0, 0.1) is 17.3 Å². The van der Waals surface area contributed by atoms with Gasteiger partial charge in [-0.3, -0.25) is 0 Å². The molecule has 3 nitrogen and oxygen atoms in total. The first-order chi connectivity index (χ1) is 5.90. The predicted molar refractivity (Wildman–Crippen MR) is 46.2 cm³/mol. The minimum absolute atomic E-state index is 0.179. The van der Waals surface area contributed by atoms with Crippen molar-refractivity contribution < 1.29 is 15.3 Å². The Morgan fingerprint density at radius 3 is 2.31 bits per heavy atom. The van der Waals surface area contributed by atoms with Crippen molar-refractivity contribution in [2.24, 2.45) is 17.3 Å². The maximum atomic E-state index is 10.4. The second kappa shape index (κ2) is 2.47. The van der Waals surface area contributed by atoms with Gasteiger partial charge >= 0.3 is 0 Å². The third-order valence-corrected chi connectivity index (χ3v) is 4.44. The molecule has 0 amide bonds. The Labute approximate surface area is 78.6 Å². The van der Waals surface area contributed by atoms with Crippen molar-refractivity contribution in [3.8, 4) is 0 Å². The van der Waals surface area contributed by atoms with Crippen LogP contribution in [0.1, 0.15) is 33.6 Å². The summed E-state index contributed by atoms with van der Waals surface area (Å²) in [4.78, 5) is 4.10. The van der Waals surface area contributed by atoms with Crippen LogP contribution in [0.3, 0.4) is 0 Å². The van der Waals surface area contributed by atoms with Gasteiger partial charge in [-0.15, -0.1) is 0 Å². The molecule has 4 unspecified atom stereocenters. The first-order valence-corrected chi connectivity index (χ1v) is 4.91. The SMILES string of the molecule is CC1(C)C2CC(O[O])C(C)(O)C1C2. The summed E-state index contributed by atoms with van der Waals surface area (Å²) in [5.74, 6) is 0.773. The fourth-order valence-electron chi connectivity index (χ4n) is 3.27. The summed E-state index contributed by atoms with van der Waals surface area (Å²) in [6.07, 6.45) is 1.24. The third kappa shape index (κ3) is 1.01. The van der Waals surface area contributed by atoms with Crippen LogP contribution < -0.4 is 0 Å². The highest BCUT2D eigenvalue weighted by atomic mass is 17.1. The van der Waals surface area contributed by atoms with Crippen molar-refractivity contribution in [3.63, 3.8) is 0 Å². The van der Waals surface area contributed by atoms with Crippen LogP contribution in [0.5, 0.6) is 0 Å². The van der Waals surface area contributed by atoms with Crippen LogP contribution in [0.4, 0.5) is 0 Å². The second-order valence-electron chi connectivity index (χ2n) is 5.35. The van der Waals surface area contributed by atoms with Crippen molar-refractivity contribution in [1.82, 2.24) is 0 Å². The molecule has 1 radical (unpaired) electrons. The molecular weight excluding hydrogens is 168 g/mol. The molecule has 0 heterocycles. The number of rotatable bonds is 1. The molecule has 0 aromatic rings. The van der Waals surface area contributed by atoms with E-state index in [2.05, 4.69) is 18.7 Å². The lowest BCUT2D eigenvalue weighted by Crippen LogP contribution is -2.66. The smallest absolute Gasteiger partial charge is 0.125 e. The average Bonchev–Trinajstić information content (AvgIpc) is 2.01. The molecule has 1 N–H and O–H groups in total. The quantitative estimate of drug-likeness (QED) is 0.497. The molecule has 3 aliphatic carbocycles. The molecular formula is C10H17O3. The van der Waals surface area contributed by atoms with Crippen LogP contribution in [-0.2, 0) is 10.1 Å². The van der Waals surface area contributed by atoms with Gasteiger partial charge in [-0.1, -0.05) is 13.8 Å². The first-order valence-electron chi connectivity index (χ1n) is 4.91. The van der Waals surface area contributed by atoms with E-state index in [1.54, 1.807) is 6.92 Å². The molecule has 3 aliphatic rings. The molecule has 4 atom stereocenters. The van der Waals surface area contributed by atoms with Crippen molar-refractivity contribution in [1.29, 1.82) is 0 Å². The fourth-order valence-corrected chi connectivity index (χ4v) is 3.27. The van der Waals surface area contributed by atoms with Gasteiger partial charge in [0.05, 0.1) is 5.60 Å². The molecule has 75 valence electrons. The Bertz CT molecular complexity index is 222. The summed E-state index contributed by atoms with van der Waals surface area (Å²) in [5.41, 5.74) is -0.751. The van der Waals surface area contributed by atoms with Crippen molar-refractivity contribution in [2.75, 3.05) is 0 Å². The van der Waals surface area contributed by atoms with Crippen LogP contribution in [0.2, 0.25) is 0 Å². The maximum Gasteiger partial charge on any atom is 0.125 e. The van der Waals surface area contributed by atoms with Gasteiger partial charge in [0, 0.05) is 0 Å². The molecule has 0 aliphatic heterocycles. The van der Waals surface area contributed by atoms with E-state index in [0.29, 0.717) is 12.3 Å². The highest BCUT2D eigenvalue weighted by Gasteiger charge is 2.63. The molecule has 2 bridgehead atoms. The normalized spacial score (nSPS) is 52.8. The molecule has 0 saturated heterocycles. The minimum Gasteiger partial charge on any atom is -0.387 e. The van der Waals surface area contributed by atoms with Crippen molar-refractivity contribution in [3.05, 3.63) is 0 Å². The number of aliphatic hydroxyl groups is 1. The summed E-state index contributed by atoms with van der Waals surface area (Å²) in [7, 11) is 0. The van der Waals surface area contributed by atoms with Gasteiger partial charge in [0.1, 0.15) is 6.10 Å². The summed E-state index contributed by atoms with van der Waals surface area (Å²) in [5, 5.41) is 20.6. The van der Waals surface area contributed by atoms with Gasteiger partial charge in [0.15, 0.2) is 0 Å². The summed E-state index contributed by atoms with van der Waals surface area (Å²) >= 11 is 0. The van der Waals surface area contributed by atoms with E-state index in [4.69, 9.17) is 0 Å². The van der Waals surface area contributed by atoms with Crippen LogP contribution in [-0.4, -0.2) is 16.8 Å². The number of hydrogen-bond acceptors (Lipinski definition) is 2. The van der Waals surface area contributed by atoms with Crippen LogP contribution >= 0.6 is 0 Å². The summed E-state index contributed by atoms with van der Waals surface area (Å²) in [6.45, 7) is 6.07. The lowest BCUT2D eigenvalue weighted by Gasteiger charge is -2.64. The zero-order valence-corrected chi connectivity index (χ0v) is 8.41. The topological polar surface area (TPSA) is 49.4 Å². The first kappa shape index (κ1) is 9.44. The Morgan fingerprint density at radius 2 is 1.92 bits per heavy atom. The largest absolute Gasteiger partial charge is 0.387 e. The van der Waals surface area contributed by atoms with Gasteiger partial charge < -0.3 is 5.11 Å². The van der Waals surface area contributed by atoms with E-state index in [0.717, 1.165) is 6.42 Å². The summed E-state index contributed by atoms with van der Waals surface area (Å²) < 4.78 is 0. The molecule has 0 spiro atoms. The van der Waals surface area contributed by atoms with E-state index >= 15 is 0 Å². The highest BCUT2D eigenvalue weighted by molar-refractivity contribution is 5.12. The minimum atomic E-state index is -0.931. The van der Waals surface area contributed by atoms with E-state index in [1.807, 2.05) is 0 Å². The number of fused-ring (bicyclic) bond motifs is 2. The summed E-state index contributed by atoms with van der Waals surface area (Å²) in [6, 6.07) is 0. The van der Waals surface area contributed by atoms with Crippen molar-refractivity contribution >= 4 is 0 Å². The Morgan fingerprint density at radius 1 is 1.31 bits per heavy atom. The zero-order chi connectivity index (χ0) is 9.85. The van der Waals surface area contributed by atoms with E-state index in [-0.39, 0.29) is 11.3 Å². The van der Waals surface area contributed by atoms with Crippen LogP contribution in [0.25, 0.3) is 0 Å². The molecule has 0 aromatic heterocycles. The standard InChI is InChI=1S/C10H17O3/c1-9(2)6-4-7(9)10(3,11)8(5-6)13-12/h6-8,11H,4-5H2,1-3H3. The fraction of sp³-hybridized carbons (Fsp3) is 1.00. The molecule has 3 fully saturated rings. The van der Waals surface area contributed by atoms with E-state index < -0.39 is 11.7 Å². The monoisotopic (exact) mass is 185 g/mol. The van der Waals surface area contributed by atoms with E-state index in [1.165, 1.54) is 0 Å². The average molecular weight is 185 g/mol. The highest BCUT2D eigenvalue weighted by Crippen LogP contribution is 2.63. The molecule has 13 heavy (non-hydrogen) atoms. The van der Waals surface area contributed by atoms with Gasteiger partial charge in [0.2, 0.25) is 0 Å². The zero-order valence-electron chi connectivity index (χ0n) is 8.41. The lowest BCUT2D eigenvalue weighted by atomic mass is 9.43. The molecule has 3 heteroatoms. The Kier molecular flexibility index (Phi) is 1.79. The van der Waals surface area contributed by atoms with Gasteiger partial charge in [-0.2, -0.15) is 4.89 Å². The van der Waals surface area contributed by atoms with Gasteiger partial charge in [0.25, 0.3) is 0 Å². The van der Waals surface area contributed by atoms with Crippen molar-refractivity contribution in [2.45, 2.75) is 45.3 Å². The molecule has 0 aromatic carbocycles. The Balaban J connectivity index is 2.23. The second-order valence-corrected chi connectivity index (χ2v) is 5.35. The Hall–Kier alpha value is -0.120. The maximum absolute atomic E-state index is 10.4. The van der Waals surface area contributed by atoms with E-state index in [9.17, 15) is 10.4 Å². The number of hydrogen-bond donors (Lipinski definition) is 1. The van der Waals surface area contributed by atoms with Crippen LogP contribution in [0.15, 0.2) is 0 Å². The van der Waals surface area contributed by atoms with Gasteiger partial charge in [-0.05, 0) is 42.3 Å².